The summed E-state index contributed by atoms with van der Waals surface area (Å²) in [4.78, 5) is 0. The van der Waals surface area contributed by atoms with Gasteiger partial charge in [-0.15, -0.1) is 5.10 Å². The van der Waals surface area contributed by atoms with Crippen molar-refractivity contribution in [3.8, 4) is 0 Å². The van der Waals surface area contributed by atoms with Crippen LogP contribution in [0, 0.1) is 5.82 Å². The summed E-state index contributed by atoms with van der Waals surface area (Å²) < 4.78 is 18.5. The Morgan fingerprint density at radius 3 is 2.60 bits per heavy atom. The number of halogens is 3. The van der Waals surface area contributed by atoms with Crippen LogP contribution in [0.4, 0.5) is 16.1 Å². The molecule has 1 heterocycles. The van der Waals surface area contributed by atoms with E-state index < -0.39 is 5.82 Å². The highest BCUT2D eigenvalue weighted by Gasteiger charge is 2.21. The second kappa shape index (κ2) is 5.55. The van der Waals surface area contributed by atoms with Crippen molar-refractivity contribution in [2.45, 2.75) is 25.4 Å². The Morgan fingerprint density at radius 2 is 1.95 bits per heavy atom. The highest BCUT2D eigenvalue weighted by atomic mass is 35.5. The maximum Gasteiger partial charge on any atom is 0.320 e. The third kappa shape index (κ3) is 3.20. The SMILES string of the molecule is Fc1cc(Cl)c(Nc2nnc(CNC3CC3)o2)c(Cl)c1. The van der Waals surface area contributed by atoms with Crippen molar-refractivity contribution in [1.82, 2.24) is 15.5 Å². The van der Waals surface area contributed by atoms with Crippen LogP contribution in [0.15, 0.2) is 16.5 Å². The molecule has 0 atom stereocenters. The molecule has 0 saturated heterocycles. The molecule has 1 saturated carbocycles. The van der Waals surface area contributed by atoms with Crippen molar-refractivity contribution in [2.24, 2.45) is 0 Å². The van der Waals surface area contributed by atoms with Gasteiger partial charge in [0.2, 0.25) is 5.89 Å². The van der Waals surface area contributed by atoms with Crippen LogP contribution >= 0.6 is 23.2 Å². The van der Waals surface area contributed by atoms with Crippen molar-refractivity contribution < 1.29 is 8.81 Å². The van der Waals surface area contributed by atoms with Crippen molar-refractivity contribution in [3.63, 3.8) is 0 Å². The number of aromatic nitrogens is 2. The summed E-state index contributed by atoms with van der Waals surface area (Å²) >= 11 is 11.8. The number of nitrogens with one attached hydrogen (secondary N) is 2. The van der Waals surface area contributed by atoms with Gasteiger partial charge in [-0.25, -0.2) is 4.39 Å². The molecule has 8 heteroatoms. The largest absolute Gasteiger partial charge is 0.406 e. The third-order valence-electron chi connectivity index (χ3n) is 2.82. The molecular formula is C12H11Cl2FN4O. The Balaban J connectivity index is 1.70. The molecule has 2 aromatic rings. The van der Waals surface area contributed by atoms with E-state index in [1.807, 2.05) is 0 Å². The normalized spacial score (nSPS) is 14.6. The molecule has 0 spiro atoms. The van der Waals surface area contributed by atoms with E-state index in [9.17, 15) is 4.39 Å². The summed E-state index contributed by atoms with van der Waals surface area (Å²) in [5.74, 6) is -0.0424. The lowest BCUT2D eigenvalue weighted by Crippen LogP contribution is -2.15. The monoisotopic (exact) mass is 316 g/mol. The minimum Gasteiger partial charge on any atom is -0.406 e. The van der Waals surface area contributed by atoms with Gasteiger partial charge in [0.05, 0.1) is 22.3 Å². The fourth-order valence-corrected chi connectivity index (χ4v) is 2.22. The van der Waals surface area contributed by atoms with E-state index in [0.29, 0.717) is 24.2 Å². The van der Waals surface area contributed by atoms with Crippen LogP contribution < -0.4 is 10.6 Å². The van der Waals surface area contributed by atoms with Gasteiger partial charge in [-0.3, -0.25) is 0 Å². The molecule has 1 aromatic carbocycles. The highest BCUT2D eigenvalue weighted by molar-refractivity contribution is 6.39. The summed E-state index contributed by atoms with van der Waals surface area (Å²) in [5, 5.41) is 14.1. The van der Waals surface area contributed by atoms with E-state index >= 15 is 0 Å². The Bertz CT molecular complexity index is 607. The third-order valence-corrected chi connectivity index (χ3v) is 3.42. The van der Waals surface area contributed by atoms with Crippen LogP contribution in [0.3, 0.4) is 0 Å². The number of nitrogens with zero attached hydrogens (tertiary/aromatic N) is 2. The molecule has 0 bridgehead atoms. The van der Waals surface area contributed by atoms with Crippen LogP contribution in [0.25, 0.3) is 0 Å². The van der Waals surface area contributed by atoms with Crippen molar-refractivity contribution in [3.05, 3.63) is 33.9 Å². The molecule has 5 nitrogen and oxygen atoms in total. The zero-order valence-corrected chi connectivity index (χ0v) is 11.8. The Kier molecular flexibility index (Phi) is 3.78. The average molecular weight is 317 g/mol. The van der Waals surface area contributed by atoms with Crippen LogP contribution in [-0.2, 0) is 6.54 Å². The first kappa shape index (κ1) is 13.6. The van der Waals surface area contributed by atoms with E-state index in [1.54, 1.807) is 0 Å². The second-order valence-corrected chi connectivity index (χ2v) is 5.34. The number of hydrogen-bond acceptors (Lipinski definition) is 5. The Labute approximate surface area is 124 Å². The molecule has 0 amide bonds. The molecule has 1 aromatic heterocycles. The fraction of sp³-hybridized carbons (Fsp3) is 0.333. The Hall–Kier alpha value is -1.37. The van der Waals surface area contributed by atoms with E-state index in [2.05, 4.69) is 20.8 Å². The molecule has 0 radical (unpaired) electrons. The van der Waals surface area contributed by atoms with Crippen molar-refractivity contribution in [2.75, 3.05) is 5.32 Å². The lowest BCUT2D eigenvalue weighted by Gasteiger charge is -2.06. The zero-order chi connectivity index (χ0) is 14.1. The number of hydrogen-bond donors (Lipinski definition) is 2. The molecule has 1 aliphatic carbocycles. The van der Waals surface area contributed by atoms with Gasteiger partial charge >= 0.3 is 6.01 Å². The lowest BCUT2D eigenvalue weighted by atomic mass is 10.3. The molecule has 1 fully saturated rings. The van der Waals surface area contributed by atoms with Gasteiger partial charge in [-0.2, -0.15) is 0 Å². The molecule has 106 valence electrons. The lowest BCUT2D eigenvalue weighted by molar-refractivity contribution is 0.478. The summed E-state index contributed by atoms with van der Waals surface area (Å²) in [7, 11) is 0. The predicted octanol–water partition coefficient (Wildman–Crippen LogP) is 3.51. The van der Waals surface area contributed by atoms with Gasteiger partial charge in [0.1, 0.15) is 5.82 Å². The van der Waals surface area contributed by atoms with Crippen LogP contribution in [-0.4, -0.2) is 16.2 Å². The van der Waals surface area contributed by atoms with Crippen LogP contribution in [0.5, 0.6) is 0 Å². The first-order valence-corrected chi connectivity index (χ1v) is 6.85. The molecule has 0 unspecified atom stereocenters. The van der Waals surface area contributed by atoms with Crippen LogP contribution in [0.2, 0.25) is 10.0 Å². The number of rotatable bonds is 5. The summed E-state index contributed by atoms with van der Waals surface area (Å²) in [6, 6.07) is 3.02. The molecular weight excluding hydrogens is 306 g/mol. The van der Waals surface area contributed by atoms with Gasteiger partial charge in [-0.05, 0) is 25.0 Å². The van der Waals surface area contributed by atoms with E-state index in [-0.39, 0.29) is 16.1 Å². The molecule has 20 heavy (non-hydrogen) atoms. The average Bonchev–Trinajstić information content (AvgIpc) is 3.11. The fourth-order valence-electron chi connectivity index (χ4n) is 1.66. The van der Waals surface area contributed by atoms with Gasteiger partial charge in [0.15, 0.2) is 0 Å². The van der Waals surface area contributed by atoms with Gasteiger partial charge < -0.3 is 15.1 Å². The zero-order valence-electron chi connectivity index (χ0n) is 10.3. The van der Waals surface area contributed by atoms with E-state index in [0.717, 1.165) is 12.1 Å². The first-order chi connectivity index (χ1) is 9.61. The van der Waals surface area contributed by atoms with Crippen molar-refractivity contribution in [1.29, 1.82) is 0 Å². The smallest absolute Gasteiger partial charge is 0.320 e. The summed E-state index contributed by atoms with van der Waals surface area (Å²) in [6.45, 7) is 0.518. The quantitative estimate of drug-likeness (QED) is 0.883. The predicted molar refractivity (Wildman–Crippen MR) is 73.9 cm³/mol. The topological polar surface area (TPSA) is 63.0 Å². The second-order valence-electron chi connectivity index (χ2n) is 4.53. The minimum atomic E-state index is -0.509. The van der Waals surface area contributed by atoms with Gasteiger partial charge in [0.25, 0.3) is 0 Å². The molecule has 3 rings (SSSR count). The maximum atomic E-state index is 13.1. The van der Waals surface area contributed by atoms with Crippen molar-refractivity contribution >= 4 is 34.9 Å². The number of benzene rings is 1. The van der Waals surface area contributed by atoms with E-state index in [1.165, 1.54) is 12.8 Å². The highest BCUT2D eigenvalue weighted by Crippen LogP contribution is 2.33. The van der Waals surface area contributed by atoms with E-state index in [4.69, 9.17) is 27.6 Å². The molecule has 0 aliphatic heterocycles. The maximum absolute atomic E-state index is 13.1. The molecule has 1 aliphatic rings. The molecule has 2 N–H and O–H groups in total. The first-order valence-electron chi connectivity index (χ1n) is 6.09. The number of anilines is 2. The Morgan fingerprint density at radius 1 is 1.25 bits per heavy atom. The summed E-state index contributed by atoms with van der Waals surface area (Å²) in [6.07, 6.45) is 2.36. The minimum absolute atomic E-state index is 0.144. The van der Waals surface area contributed by atoms with Gasteiger partial charge in [-0.1, -0.05) is 28.3 Å². The van der Waals surface area contributed by atoms with Gasteiger partial charge in [0, 0.05) is 6.04 Å². The standard InChI is InChI=1S/C12H11Cl2FN4O/c13-8-3-6(15)4-9(14)11(8)17-12-19-18-10(20-12)5-16-7-1-2-7/h3-4,7,16H,1-2,5H2,(H,17,19). The summed E-state index contributed by atoms with van der Waals surface area (Å²) in [5.41, 5.74) is 0.333. The van der Waals surface area contributed by atoms with Crippen LogP contribution in [0.1, 0.15) is 18.7 Å².